The van der Waals surface area contributed by atoms with Gasteiger partial charge in [0.1, 0.15) is 0 Å². The largest absolute Gasteiger partial charge is 0.379 e. The van der Waals surface area contributed by atoms with Gasteiger partial charge in [-0.25, -0.2) is 0 Å². The first-order valence-electron chi connectivity index (χ1n) is 7.62. The van der Waals surface area contributed by atoms with Gasteiger partial charge in [0.05, 0.1) is 18.9 Å². The van der Waals surface area contributed by atoms with E-state index < -0.39 is 5.91 Å². The Hall–Kier alpha value is -2.38. The van der Waals surface area contributed by atoms with Crippen molar-refractivity contribution >= 4 is 29.0 Å². The normalized spacial score (nSPS) is 14.5. The van der Waals surface area contributed by atoms with Crippen LogP contribution in [0.25, 0.3) is 0 Å². The fourth-order valence-corrected chi connectivity index (χ4v) is 2.57. The van der Waals surface area contributed by atoms with E-state index in [0.717, 1.165) is 18.7 Å². The Bertz CT molecular complexity index is 717. The average Bonchev–Trinajstić information content (AvgIpc) is 2.61. The Labute approximate surface area is 144 Å². The number of primary amides is 1. The van der Waals surface area contributed by atoms with Crippen molar-refractivity contribution in [1.29, 1.82) is 0 Å². The number of nitrogens with two attached hydrogens (primary N) is 1. The van der Waals surface area contributed by atoms with Gasteiger partial charge in [-0.1, -0.05) is 23.7 Å². The molecule has 3 N–H and O–H groups in total. The maximum atomic E-state index is 11.6. The number of amides is 1. The van der Waals surface area contributed by atoms with Crippen LogP contribution in [0.15, 0.2) is 30.3 Å². The molecular weight excluding hydrogens is 330 g/mol. The summed E-state index contributed by atoms with van der Waals surface area (Å²) in [5.41, 5.74) is 7.12. The molecule has 3 rings (SSSR count). The molecule has 1 aromatic heterocycles. The smallest absolute Gasteiger partial charge is 0.271 e. The number of rotatable bonds is 5. The number of carbonyl (C=O) groups excluding carboxylic acids is 1. The van der Waals surface area contributed by atoms with Crippen molar-refractivity contribution in [3.63, 3.8) is 0 Å². The maximum Gasteiger partial charge on any atom is 0.271 e. The number of halogens is 1. The molecule has 1 aliphatic heterocycles. The third-order valence-electron chi connectivity index (χ3n) is 3.75. The van der Waals surface area contributed by atoms with Crippen molar-refractivity contribution in [2.75, 3.05) is 36.5 Å². The molecule has 0 saturated carbocycles. The van der Waals surface area contributed by atoms with Crippen molar-refractivity contribution in [3.8, 4) is 0 Å². The molecule has 8 heteroatoms. The molecule has 2 heterocycles. The number of aromatic nitrogens is 2. The highest BCUT2D eigenvalue weighted by atomic mass is 35.5. The molecule has 0 unspecified atom stereocenters. The highest BCUT2D eigenvalue weighted by molar-refractivity contribution is 6.30. The number of hydrogen-bond donors (Lipinski definition) is 2. The second kappa shape index (κ2) is 7.46. The van der Waals surface area contributed by atoms with Crippen LogP contribution in [-0.4, -0.2) is 42.4 Å². The molecule has 0 radical (unpaired) electrons. The van der Waals surface area contributed by atoms with E-state index in [9.17, 15) is 4.79 Å². The fourth-order valence-electron chi connectivity index (χ4n) is 2.44. The van der Waals surface area contributed by atoms with Gasteiger partial charge >= 0.3 is 0 Å². The lowest BCUT2D eigenvalue weighted by atomic mass is 10.2. The summed E-state index contributed by atoms with van der Waals surface area (Å²) in [6.07, 6.45) is 0. The molecule has 0 atom stereocenters. The first-order chi connectivity index (χ1) is 11.6. The van der Waals surface area contributed by atoms with Crippen molar-refractivity contribution in [2.24, 2.45) is 5.73 Å². The van der Waals surface area contributed by atoms with Gasteiger partial charge in [0.25, 0.3) is 5.91 Å². The van der Waals surface area contributed by atoms with E-state index in [2.05, 4.69) is 20.4 Å². The van der Waals surface area contributed by atoms with Gasteiger partial charge in [-0.2, -0.15) is 0 Å². The molecule has 2 aromatic rings. The number of morpholine rings is 1. The second-order valence-corrected chi connectivity index (χ2v) is 5.84. The van der Waals surface area contributed by atoms with Crippen LogP contribution in [0, 0.1) is 0 Å². The summed E-state index contributed by atoms with van der Waals surface area (Å²) in [5, 5.41) is 12.0. The van der Waals surface area contributed by atoms with Crippen molar-refractivity contribution < 1.29 is 9.53 Å². The molecule has 7 nitrogen and oxygen atoms in total. The average molecular weight is 348 g/mol. The third-order valence-corrected chi connectivity index (χ3v) is 4.00. The number of nitrogens with zero attached hydrogens (tertiary/aromatic N) is 3. The predicted octanol–water partition coefficient (Wildman–Crippen LogP) is 1.68. The molecular formula is C16H18ClN5O2. The van der Waals surface area contributed by atoms with E-state index in [1.54, 1.807) is 6.07 Å². The zero-order valence-electron chi connectivity index (χ0n) is 13.0. The van der Waals surface area contributed by atoms with Crippen LogP contribution >= 0.6 is 11.6 Å². The fraction of sp³-hybridized carbons (Fsp3) is 0.312. The van der Waals surface area contributed by atoms with Gasteiger partial charge in [0.2, 0.25) is 0 Å². The van der Waals surface area contributed by atoms with Gasteiger partial charge in [0, 0.05) is 30.7 Å². The van der Waals surface area contributed by atoms with Gasteiger partial charge in [0.15, 0.2) is 11.5 Å². The van der Waals surface area contributed by atoms with Crippen LogP contribution in [0.4, 0.5) is 11.5 Å². The molecule has 1 aromatic carbocycles. The molecule has 1 saturated heterocycles. The minimum absolute atomic E-state index is 0.126. The summed E-state index contributed by atoms with van der Waals surface area (Å²) in [6, 6.07) is 9.26. The first-order valence-corrected chi connectivity index (χ1v) is 8.00. The van der Waals surface area contributed by atoms with Crippen molar-refractivity contribution in [3.05, 3.63) is 46.6 Å². The number of carbonyl (C=O) groups is 1. The van der Waals surface area contributed by atoms with E-state index in [1.807, 2.05) is 24.3 Å². The van der Waals surface area contributed by atoms with Crippen LogP contribution in [0.2, 0.25) is 5.02 Å². The Morgan fingerprint density at radius 3 is 2.62 bits per heavy atom. The zero-order valence-corrected chi connectivity index (χ0v) is 13.8. The monoisotopic (exact) mass is 347 g/mol. The highest BCUT2D eigenvalue weighted by Crippen LogP contribution is 2.21. The van der Waals surface area contributed by atoms with Crippen LogP contribution in [0.5, 0.6) is 0 Å². The van der Waals surface area contributed by atoms with Crippen molar-refractivity contribution in [2.45, 2.75) is 6.54 Å². The maximum absolute atomic E-state index is 11.6. The van der Waals surface area contributed by atoms with Crippen LogP contribution in [-0.2, 0) is 11.3 Å². The van der Waals surface area contributed by atoms with Gasteiger partial charge in [-0.3, -0.25) is 4.79 Å². The molecule has 0 aliphatic carbocycles. The number of anilines is 2. The third kappa shape index (κ3) is 3.93. The topological polar surface area (TPSA) is 93.4 Å². The standard InChI is InChI=1S/C16H18ClN5O2/c17-12-3-1-11(2-4-12)10-19-13-9-14(20-21-15(13)16(18)23)22-5-7-24-8-6-22/h1-4,9H,5-8,10H2,(H2,18,23)(H,19,20). The lowest BCUT2D eigenvalue weighted by Gasteiger charge is -2.27. The number of benzene rings is 1. The van der Waals surface area contributed by atoms with Gasteiger partial charge in [-0.05, 0) is 17.7 Å². The van der Waals surface area contributed by atoms with Crippen LogP contribution in [0.3, 0.4) is 0 Å². The molecule has 126 valence electrons. The minimum Gasteiger partial charge on any atom is -0.379 e. The number of ether oxygens (including phenoxy) is 1. The summed E-state index contributed by atoms with van der Waals surface area (Å²) in [5.74, 6) is 0.0801. The second-order valence-electron chi connectivity index (χ2n) is 5.41. The van der Waals surface area contributed by atoms with E-state index in [0.29, 0.717) is 36.3 Å². The molecule has 1 amide bonds. The Kier molecular flexibility index (Phi) is 5.12. The quantitative estimate of drug-likeness (QED) is 0.854. The molecule has 24 heavy (non-hydrogen) atoms. The van der Waals surface area contributed by atoms with Gasteiger partial charge < -0.3 is 20.7 Å². The molecule has 1 fully saturated rings. The SMILES string of the molecule is NC(=O)c1nnc(N2CCOCC2)cc1NCc1ccc(Cl)cc1. The van der Waals surface area contributed by atoms with Crippen LogP contribution < -0.4 is 16.0 Å². The molecule has 0 bridgehead atoms. The zero-order chi connectivity index (χ0) is 16.9. The Morgan fingerprint density at radius 1 is 1.25 bits per heavy atom. The number of nitrogens with one attached hydrogen (secondary N) is 1. The Morgan fingerprint density at radius 2 is 1.96 bits per heavy atom. The summed E-state index contributed by atoms with van der Waals surface area (Å²) in [6.45, 7) is 3.29. The van der Waals surface area contributed by atoms with E-state index in [4.69, 9.17) is 22.1 Å². The summed E-state index contributed by atoms with van der Waals surface area (Å²) in [4.78, 5) is 13.7. The lowest BCUT2D eigenvalue weighted by Crippen LogP contribution is -2.37. The first kappa shape index (κ1) is 16.5. The summed E-state index contributed by atoms with van der Waals surface area (Å²) in [7, 11) is 0. The predicted molar refractivity (Wildman–Crippen MR) is 92.4 cm³/mol. The lowest BCUT2D eigenvalue weighted by molar-refractivity contribution is 0.0995. The van der Waals surface area contributed by atoms with E-state index in [1.165, 1.54) is 0 Å². The van der Waals surface area contributed by atoms with E-state index >= 15 is 0 Å². The van der Waals surface area contributed by atoms with Gasteiger partial charge in [-0.15, -0.1) is 10.2 Å². The molecule has 1 aliphatic rings. The minimum atomic E-state index is -0.616. The highest BCUT2D eigenvalue weighted by Gasteiger charge is 2.17. The van der Waals surface area contributed by atoms with E-state index in [-0.39, 0.29) is 5.69 Å². The van der Waals surface area contributed by atoms with Crippen molar-refractivity contribution in [1.82, 2.24) is 10.2 Å². The number of hydrogen-bond acceptors (Lipinski definition) is 6. The summed E-state index contributed by atoms with van der Waals surface area (Å²) < 4.78 is 5.34. The van der Waals surface area contributed by atoms with Crippen LogP contribution in [0.1, 0.15) is 16.1 Å². The summed E-state index contributed by atoms with van der Waals surface area (Å²) >= 11 is 5.89. The Balaban J connectivity index is 1.80. The molecule has 0 spiro atoms.